The first-order valence-corrected chi connectivity index (χ1v) is 9.50. The molecule has 1 saturated carbocycles. The van der Waals surface area contributed by atoms with Gasteiger partial charge in [-0.1, -0.05) is 31.4 Å². The highest BCUT2D eigenvalue weighted by Crippen LogP contribution is 2.28. The van der Waals surface area contributed by atoms with Gasteiger partial charge in [0, 0.05) is 37.8 Å². The van der Waals surface area contributed by atoms with Crippen LogP contribution in [-0.2, 0) is 13.6 Å². The molecule has 2 heterocycles. The summed E-state index contributed by atoms with van der Waals surface area (Å²) in [6.45, 7) is 1.00. The van der Waals surface area contributed by atoms with Crippen molar-refractivity contribution in [1.82, 2.24) is 14.3 Å². The molecule has 26 heavy (non-hydrogen) atoms. The average Bonchev–Trinajstić information content (AvgIpc) is 3.07. The van der Waals surface area contributed by atoms with Crippen LogP contribution >= 0.6 is 0 Å². The second-order valence-electron chi connectivity index (χ2n) is 7.41. The smallest absolute Gasteiger partial charge is 0.273 e. The number of anilines is 1. The van der Waals surface area contributed by atoms with Gasteiger partial charge in [-0.05, 0) is 36.5 Å². The summed E-state index contributed by atoms with van der Waals surface area (Å²) in [6, 6.07) is 8.35. The summed E-state index contributed by atoms with van der Waals surface area (Å²) in [5.74, 6) is 0.740. The maximum absolute atomic E-state index is 12.1. The molecule has 1 aliphatic carbocycles. The van der Waals surface area contributed by atoms with Crippen molar-refractivity contribution in [2.24, 2.45) is 13.0 Å². The Morgan fingerprint density at radius 2 is 1.96 bits per heavy atom. The van der Waals surface area contributed by atoms with Crippen molar-refractivity contribution in [2.45, 2.75) is 38.6 Å². The van der Waals surface area contributed by atoms with E-state index in [9.17, 15) is 4.79 Å². The fraction of sp³-hybridized carbons (Fsp3) is 0.429. The van der Waals surface area contributed by atoms with E-state index in [4.69, 9.17) is 0 Å². The molecular weight excluding hydrogens is 324 g/mol. The van der Waals surface area contributed by atoms with Gasteiger partial charge in [0.05, 0.1) is 11.7 Å². The first-order chi connectivity index (χ1) is 12.7. The van der Waals surface area contributed by atoms with E-state index in [-0.39, 0.29) is 5.56 Å². The van der Waals surface area contributed by atoms with Crippen LogP contribution in [0.1, 0.15) is 32.1 Å². The van der Waals surface area contributed by atoms with Gasteiger partial charge in [-0.15, -0.1) is 0 Å². The Morgan fingerprint density at radius 3 is 2.73 bits per heavy atom. The molecule has 5 nitrogen and oxygen atoms in total. The topological polar surface area (TPSA) is 51.9 Å². The van der Waals surface area contributed by atoms with Crippen LogP contribution in [-0.4, -0.2) is 21.4 Å². The summed E-state index contributed by atoms with van der Waals surface area (Å²) in [5, 5.41) is 8.80. The third-order valence-corrected chi connectivity index (χ3v) is 5.59. The first-order valence-electron chi connectivity index (χ1n) is 9.50. The van der Waals surface area contributed by atoms with E-state index in [1.807, 2.05) is 18.5 Å². The molecule has 0 atom stereocenters. The quantitative estimate of drug-likeness (QED) is 0.773. The van der Waals surface area contributed by atoms with Crippen LogP contribution in [0, 0.1) is 5.92 Å². The van der Waals surface area contributed by atoms with Crippen LogP contribution < -0.4 is 10.9 Å². The molecule has 1 aliphatic rings. The lowest BCUT2D eigenvalue weighted by atomic mass is 9.89. The van der Waals surface area contributed by atoms with E-state index in [0.717, 1.165) is 23.6 Å². The van der Waals surface area contributed by atoms with E-state index >= 15 is 0 Å². The zero-order chi connectivity index (χ0) is 18.1. The number of fused-ring (bicyclic) bond motifs is 1. The molecule has 0 bridgehead atoms. The first kappa shape index (κ1) is 16.9. The lowest BCUT2D eigenvalue weighted by molar-refractivity contribution is 0.312. The van der Waals surface area contributed by atoms with E-state index in [1.54, 1.807) is 18.7 Å². The monoisotopic (exact) mass is 350 g/mol. The number of pyridine rings is 1. The van der Waals surface area contributed by atoms with E-state index < -0.39 is 0 Å². The molecular formula is C21H26N4O. The minimum absolute atomic E-state index is 0.0142. The van der Waals surface area contributed by atoms with Gasteiger partial charge in [-0.25, -0.2) is 0 Å². The Bertz CT molecular complexity index is 979. The molecule has 0 saturated heterocycles. The van der Waals surface area contributed by atoms with Crippen LogP contribution in [0.25, 0.3) is 22.0 Å². The second kappa shape index (κ2) is 6.98. The standard InChI is InChI=1S/C21H26N4O/c1-22-19-10-18(14-24(2)21(19)26)16-8-9-17-12-23-25(20(17)11-16)13-15-6-4-3-5-7-15/h8-12,14-15,22H,3-7,13H2,1-2H3. The zero-order valence-electron chi connectivity index (χ0n) is 15.5. The predicted octanol–water partition coefficient (Wildman–Crippen LogP) is 4.02. The number of rotatable bonds is 4. The Morgan fingerprint density at radius 1 is 1.15 bits per heavy atom. The lowest BCUT2D eigenvalue weighted by Crippen LogP contribution is -2.19. The van der Waals surface area contributed by atoms with Gasteiger partial charge in [-0.2, -0.15) is 5.10 Å². The van der Waals surface area contributed by atoms with Gasteiger partial charge in [0.2, 0.25) is 0 Å². The van der Waals surface area contributed by atoms with Crippen LogP contribution in [0.4, 0.5) is 5.69 Å². The number of hydrogen-bond acceptors (Lipinski definition) is 3. The van der Waals surface area contributed by atoms with Crippen LogP contribution in [0.2, 0.25) is 0 Å². The number of aromatic nitrogens is 3. The van der Waals surface area contributed by atoms with E-state index in [2.05, 4.69) is 33.3 Å². The van der Waals surface area contributed by atoms with Crippen LogP contribution in [0.5, 0.6) is 0 Å². The Hall–Kier alpha value is -2.56. The summed E-state index contributed by atoms with van der Waals surface area (Å²) < 4.78 is 3.79. The normalized spacial score (nSPS) is 15.5. The summed E-state index contributed by atoms with van der Waals surface area (Å²) in [6.07, 6.45) is 10.6. The second-order valence-corrected chi connectivity index (χ2v) is 7.41. The summed E-state index contributed by atoms with van der Waals surface area (Å²) >= 11 is 0. The van der Waals surface area contributed by atoms with Crippen LogP contribution in [0.3, 0.4) is 0 Å². The van der Waals surface area contributed by atoms with Crippen molar-refractivity contribution >= 4 is 16.6 Å². The Kier molecular flexibility index (Phi) is 4.53. The van der Waals surface area contributed by atoms with Gasteiger partial charge in [0.15, 0.2) is 0 Å². The molecule has 0 amide bonds. The SMILES string of the molecule is CNc1cc(-c2ccc3cnn(CC4CCCCC4)c3c2)cn(C)c1=O. The zero-order valence-corrected chi connectivity index (χ0v) is 15.5. The molecule has 1 fully saturated rings. The molecule has 136 valence electrons. The summed E-state index contributed by atoms with van der Waals surface area (Å²) in [7, 11) is 3.57. The number of aryl methyl sites for hydroxylation is 1. The molecule has 0 unspecified atom stereocenters. The minimum Gasteiger partial charge on any atom is -0.384 e. The number of nitrogens with one attached hydrogen (secondary N) is 1. The van der Waals surface area contributed by atoms with Gasteiger partial charge in [0.25, 0.3) is 5.56 Å². The van der Waals surface area contributed by atoms with E-state index in [1.165, 1.54) is 43.0 Å². The third-order valence-electron chi connectivity index (χ3n) is 5.59. The number of hydrogen-bond donors (Lipinski definition) is 1. The molecule has 1 N–H and O–H groups in total. The Labute approximate surface area is 153 Å². The van der Waals surface area contributed by atoms with Crippen molar-refractivity contribution in [1.29, 1.82) is 0 Å². The van der Waals surface area contributed by atoms with Crippen molar-refractivity contribution in [3.8, 4) is 11.1 Å². The molecule has 4 rings (SSSR count). The van der Waals surface area contributed by atoms with Crippen LogP contribution in [0.15, 0.2) is 41.5 Å². The minimum atomic E-state index is -0.0142. The lowest BCUT2D eigenvalue weighted by Gasteiger charge is -2.21. The molecule has 0 aliphatic heterocycles. The third kappa shape index (κ3) is 3.14. The maximum Gasteiger partial charge on any atom is 0.273 e. The molecule has 3 aromatic rings. The predicted molar refractivity (Wildman–Crippen MR) is 107 cm³/mol. The molecule has 0 radical (unpaired) electrons. The average molecular weight is 350 g/mol. The van der Waals surface area contributed by atoms with Gasteiger partial charge in [-0.3, -0.25) is 9.48 Å². The highest BCUT2D eigenvalue weighted by Gasteiger charge is 2.16. The Balaban J connectivity index is 1.72. The fourth-order valence-electron chi connectivity index (χ4n) is 4.06. The number of nitrogens with zero attached hydrogens (tertiary/aromatic N) is 3. The van der Waals surface area contributed by atoms with Crippen molar-refractivity contribution in [3.63, 3.8) is 0 Å². The molecule has 0 spiro atoms. The summed E-state index contributed by atoms with van der Waals surface area (Å²) in [5.41, 5.74) is 3.91. The van der Waals surface area contributed by atoms with Crippen molar-refractivity contribution < 1.29 is 0 Å². The maximum atomic E-state index is 12.1. The van der Waals surface area contributed by atoms with Crippen molar-refractivity contribution in [3.05, 3.63) is 47.0 Å². The summed E-state index contributed by atoms with van der Waals surface area (Å²) in [4.78, 5) is 12.1. The van der Waals surface area contributed by atoms with Gasteiger partial charge >= 0.3 is 0 Å². The number of benzene rings is 1. The van der Waals surface area contributed by atoms with Crippen molar-refractivity contribution in [2.75, 3.05) is 12.4 Å². The highest BCUT2D eigenvalue weighted by molar-refractivity contribution is 5.84. The largest absolute Gasteiger partial charge is 0.384 e. The fourth-order valence-corrected chi connectivity index (χ4v) is 4.06. The van der Waals surface area contributed by atoms with Gasteiger partial charge < -0.3 is 9.88 Å². The highest BCUT2D eigenvalue weighted by atomic mass is 16.1. The van der Waals surface area contributed by atoms with Gasteiger partial charge in [0.1, 0.15) is 5.69 Å². The van der Waals surface area contributed by atoms with E-state index in [0.29, 0.717) is 5.69 Å². The molecule has 5 heteroatoms. The molecule has 2 aromatic heterocycles. The molecule has 1 aromatic carbocycles.